The molecule has 3 rings (SSSR count). The molecule has 1 fully saturated rings. The van der Waals surface area contributed by atoms with Crippen molar-refractivity contribution >= 4 is 11.7 Å². The van der Waals surface area contributed by atoms with Gasteiger partial charge in [0.15, 0.2) is 0 Å². The largest absolute Gasteiger partial charge is 0.497 e. The van der Waals surface area contributed by atoms with Gasteiger partial charge in [0.25, 0.3) is 5.91 Å². The number of carbonyl (C=O) groups excluding carboxylic acids is 1. The summed E-state index contributed by atoms with van der Waals surface area (Å²) in [5, 5.41) is 6.22. The second-order valence-electron chi connectivity index (χ2n) is 6.34. The van der Waals surface area contributed by atoms with Crippen LogP contribution >= 0.6 is 0 Å². The van der Waals surface area contributed by atoms with Gasteiger partial charge in [0.05, 0.1) is 20.3 Å². The molecule has 1 aliphatic rings. The number of aromatic nitrogens is 1. The van der Waals surface area contributed by atoms with Gasteiger partial charge >= 0.3 is 0 Å². The Morgan fingerprint density at radius 1 is 1.22 bits per heavy atom. The number of ether oxygens (including phenoxy) is 2. The normalized spacial score (nSPS) is 14.6. The fraction of sp³-hybridized carbons (Fsp3) is 0.400. The lowest BCUT2D eigenvalue weighted by molar-refractivity contribution is 0.0383. The summed E-state index contributed by atoms with van der Waals surface area (Å²) in [5.41, 5.74) is 1.71. The fourth-order valence-corrected chi connectivity index (χ4v) is 2.86. The summed E-state index contributed by atoms with van der Waals surface area (Å²) < 4.78 is 10.5. The predicted octanol–water partition coefficient (Wildman–Crippen LogP) is 1.76. The number of nitrogens with zero attached hydrogens (tertiary/aromatic N) is 2. The number of methoxy groups -OCH3 is 1. The summed E-state index contributed by atoms with van der Waals surface area (Å²) in [6, 6.07) is 11.3. The first kappa shape index (κ1) is 19.1. The van der Waals surface area contributed by atoms with Gasteiger partial charge in [-0.1, -0.05) is 12.1 Å². The van der Waals surface area contributed by atoms with E-state index in [4.69, 9.17) is 9.47 Å². The number of amides is 1. The second-order valence-corrected chi connectivity index (χ2v) is 6.34. The number of hydrogen-bond acceptors (Lipinski definition) is 6. The van der Waals surface area contributed by atoms with Crippen LogP contribution in [0.5, 0.6) is 5.75 Å². The van der Waals surface area contributed by atoms with Crippen LogP contribution in [0.4, 0.5) is 5.82 Å². The molecule has 7 heteroatoms. The molecule has 1 aliphatic heterocycles. The Balaban J connectivity index is 1.47. The number of nitrogens with one attached hydrogen (secondary N) is 2. The Labute approximate surface area is 159 Å². The van der Waals surface area contributed by atoms with Crippen LogP contribution in [0.2, 0.25) is 0 Å². The SMILES string of the molecule is COc1ccc(CNc2cc(C(=O)NCCN3CCOCC3)ccn2)cc1. The molecule has 7 nitrogen and oxygen atoms in total. The molecule has 0 radical (unpaired) electrons. The maximum atomic E-state index is 12.4. The Hall–Kier alpha value is -2.64. The quantitative estimate of drug-likeness (QED) is 0.738. The minimum Gasteiger partial charge on any atom is -0.497 e. The molecular weight excluding hydrogens is 344 g/mol. The van der Waals surface area contributed by atoms with E-state index in [0.29, 0.717) is 24.5 Å². The number of anilines is 1. The highest BCUT2D eigenvalue weighted by atomic mass is 16.5. The van der Waals surface area contributed by atoms with Gasteiger partial charge in [-0.2, -0.15) is 0 Å². The highest BCUT2D eigenvalue weighted by Crippen LogP contribution is 2.13. The van der Waals surface area contributed by atoms with Gasteiger partial charge < -0.3 is 20.1 Å². The predicted molar refractivity (Wildman–Crippen MR) is 104 cm³/mol. The molecule has 1 aromatic heterocycles. The van der Waals surface area contributed by atoms with E-state index in [9.17, 15) is 4.79 Å². The van der Waals surface area contributed by atoms with Crippen LogP contribution in [0.15, 0.2) is 42.6 Å². The number of pyridine rings is 1. The third kappa shape index (κ3) is 5.94. The molecular formula is C20H26N4O3. The van der Waals surface area contributed by atoms with Crippen molar-refractivity contribution in [1.29, 1.82) is 0 Å². The first-order chi connectivity index (χ1) is 13.2. The third-order valence-electron chi connectivity index (χ3n) is 4.47. The molecule has 1 aromatic carbocycles. The van der Waals surface area contributed by atoms with Crippen molar-refractivity contribution in [2.24, 2.45) is 0 Å². The monoisotopic (exact) mass is 370 g/mol. The lowest BCUT2D eigenvalue weighted by Crippen LogP contribution is -2.41. The highest BCUT2D eigenvalue weighted by molar-refractivity contribution is 5.94. The Kier molecular flexibility index (Phi) is 7.01. The van der Waals surface area contributed by atoms with E-state index in [0.717, 1.165) is 44.2 Å². The van der Waals surface area contributed by atoms with E-state index in [2.05, 4.69) is 20.5 Å². The summed E-state index contributed by atoms with van der Waals surface area (Å²) in [6.07, 6.45) is 1.65. The average molecular weight is 370 g/mol. The van der Waals surface area contributed by atoms with Crippen molar-refractivity contribution in [2.45, 2.75) is 6.54 Å². The summed E-state index contributed by atoms with van der Waals surface area (Å²) in [7, 11) is 1.65. The Morgan fingerprint density at radius 3 is 2.74 bits per heavy atom. The van der Waals surface area contributed by atoms with Crippen LogP contribution < -0.4 is 15.4 Å². The van der Waals surface area contributed by atoms with E-state index in [1.165, 1.54) is 0 Å². The van der Waals surface area contributed by atoms with E-state index < -0.39 is 0 Å². The molecule has 144 valence electrons. The standard InChI is InChI=1S/C20H26N4O3/c1-26-18-4-2-16(3-5-18)15-23-19-14-17(6-7-21-19)20(25)22-8-9-24-10-12-27-13-11-24/h2-7,14H,8-13,15H2,1H3,(H,21,23)(H,22,25). The molecule has 0 bridgehead atoms. The molecule has 0 spiro atoms. The summed E-state index contributed by atoms with van der Waals surface area (Å²) in [5.74, 6) is 1.41. The van der Waals surface area contributed by atoms with Crippen LogP contribution in [0.1, 0.15) is 15.9 Å². The second kappa shape index (κ2) is 9.89. The van der Waals surface area contributed by atoms with Crippen LogP contribution in [-0.4, -0.2) is 62.3 Å². The summed E-state index contributed by atoms with van der Waals surface area (Å²) >= 11 is 0. The van der Waals surface area contributed by atoms with E-state index in [-0.39, 0.29) is 5.91 Å². The highest BCUT2D eigenvalue weighted by Gasteiger charge is 2.11. The lowest BCUT2D eigenvalue weighted by atomic mass is 10.2. The molecule has 0 unspecified atom stereocenters. The average Bonchev–Trinajstić information content (AvgIpc) is 2.73. The van der Waals surface area contributed by atoms with Crippen molar-refractivity contribution < 1.29 is 14.3 Å². The topological polar surface area (TPSA) is 75.7 Å². The minimum atomic E-state index is -0.0850. The van der Waals surface area contributed by atoms with Crippen molar-refractivity contribution in [3.8, 4) is 5.75 Å². The minimum absolute atomic E-state index is 0.0850. The van der Waals surface area contributed by atoms with Gasteiger partial charge in [0.1, 0.15) is 11.6 Å². The third-order valence-corrected chi connectivity index (χ3v) is 4.47. The van der Waals surface area contributed by atoms with E-state index in [1.54, 1.807) is 25.4 Å². The molecule has 1 saturated heterocycles. The molecule has 2 heterocycles. The molecule has 1 amide bonds. The number of morpholine rings is 1. The lowest BCUT2D eigenvalue weighted by Gasteiger charge is -2.26. The van der Waals surface area contributed by atoms with Gasteiger partial charge in [-0.05, 0) is 29.8 Å². The maximum absolute atomic E-state index is 12.4. The van der Waals surface area contributed by atoms with Crippen molar-refractivity contribution in [2.75, 3.05) is 51.8 Å². The zero-order valence-corrected chi connectivity index (χ0v) is 15.6. The zero-order chi connectivity index (χ0) is 18.9. The fourth-order valence-electron chi connectivity index (χ4n) is 2.86. The smallest absolute Gasteiger partial charge is 0.251 e. The maximum Gasteiger partial charge on any atom is 0.251 e. The van der Waals surface area contributed by atoms with Gasteiger partial charge in [-0.25, -0.2) is 4.98 Å². The van der Waals surface area contributed by atoms with Crippen LogP contribution in [0, 0.1) is 0 Å². The Bertz CT molecular complexity index is 730. The molecule has 2 aromatic rings. The van der Waals surface area contributed by atoms with Gasteiger partial charge in [-0.15, -0.1) is 0 Å². The molecule has 0 atom stereocenters. The van der Waals surface area contributed by atoms with E-state index >= 15 is 0 Å². The number of hydrogen-bond donors (Lipinski definition) is 2. The van der Waals surface area contributed by atoms with E-state index in [1.807, 2.05) is 24.3 Å². The number of benzene rings is 1. The van der Waals surface area contributed by atoms with Crippen LogP contribution in [0.25, 0.3) is 0 Å². The van der Waals surface area contributed by atoms with Crippen LogP contribution in [-0.2, 0) is 11.3 Å². The van der Waals surface area contributed by atoms with Gasteiger partial charge in [-0.3, -0.25) is 9.69 Å². The van der Waals surface area contributed by atoms with Gasteiger partial charge in [0, 0.05) is 44.5 Å². The molecule has 2 N–H and O–H groups in total. The summed E-state index contributed by atoms with van der Waals surface area (Å²) in [6.45, 7) is 5.45. The van der Waals surface area contributed by atoms with Crippen molar-refractivity contribution in [3.63, 3.8) is 0 Å². The molecule has 0 saturated carbocycles. The first-order valence-electron chi connectivity index (χ1n) is 9.16. The van der Waals surface area contributed by atoms with Crippen LogP contribution in [0.3, 0.4) is 0 Å². The first-order valence-corrected chi connectivity index (χ1v) is 9.16. The van der Waals surface area contributed by atoms with Crippen molar-refractivity contribution in [3.05, 3.63) is 53.7 Å². The number of carbonyl (C=O) groups is 1. The molecule has 27 heavy (non-hydrogen) atoms. The number of rotatable bonds is 8. The van der Waals surface area contributed by atoms with Gasteiger partial charge in [0.2, 0.25) is 0 Å². The Morgan fingerprint density at radius 2 is 2.00 bits per heavy atom. The molecule has 0 aliphatic carbocycles. The van der Waals surface area contributed by atoms with Crippen molar-refractivity contribution in [1.82, 2.24) is 15.2 Å². The summed E-state index contributed by atoms with van der Waals surface area (Å²) in [4.78, 5) is 18.9. The zero-order valence-electron chi connectivity index (χ0n) is 15.6.